The Bertz CT molecular complexity index is 1260. The van der Waals surface area contributed by atoms with Crippen LogP contribution in [0.25, 0.3) is 0 Å². The maximum Gasteiger partial charge on any atom is 0.267 e. The van der Waals surface area contributed by atoms with Gasteiger partial charge in [-0.05, 0) is 44.2 Å². The number of hydrogen-bond acceptors (Lipinski definition) is 8. The number of aromatic hydroxyl groups is 1. The van der Waals surface area contributed by atoms with Gasteiger partial charge >= 0.3 is 0 Å². The van der Waals surface area contributed by atoms with E-state index in [0.29, 0.717) is 27.1 Å². The van der Waals surface area contributed by atoms with Gasteiger partial charge < -0.3 is 20.6 Å². The highest BCUT2D eigenvalue weighted by Crippen LogP contribution is 2.30. The van der Waals surface area contributed by atoms with E-state index >= 15 is 0 Å². The molecule has 1 saturated carbocycles. The summed E-state index contributed by atoms with van der Waals surface area (Å²) in [6, 6.07) is 5.15. The van der Waals surface area contributed by atoms with E-state index in [4.69, 9.17) is 0 Å². The van der Waals surface area contributed by atoms with Gasteiger partial charge in [0.2, 0.25) is 5.91 Å². The van der Waals surface area contributed by atoms with Gasteiger partial charge in [-0.1, -0.05) is 17.4 Å². The zero-order valence-corrected chi connectivity index (χ0v) is 21.3. The SMILES string of the molecule is Cc1ccc(O)c(C)c1NC(=O)c1cnc(Nc2ccn(CC(=O)N3CCN(CC4CC4)CC3)n2)s1. The first-order chi connectivity index (χ1) is 17.4. The van der Waals surface area contributed by atoms with Gasteiger partial charge in [-0.15, -0.1) is 0 Å². The van der Waals surface area contributed by atoms with Crippen LogP contribution < -0.4 is 10.6 Å². The van der Waals surface area contributed by atoms with Gasteiger partial charge in [0, 0.05) is 50.6 Å². The lowest BCUT2D eigenvalue weighted by atomic mass is 10.1. The van der Waals surface area contributed by atoms with E-state index in [9.17, 15) is 14.7 Å². The number of hydrogen-bond donors (Lipinski definition) is 3. The zero-order chi connectivity index (χ0) is 25.2. The lowest BCUT2D eigenvalue weighted by molar-refractivity contribution is -0.133. The number of piperazine rings is 1. The van der Waals surface area contributed by atoms with Crippen molar-refractivity contribution in [2.24, 2.45) is 5.92 Å². The lowest BCUT2D eigenvalue weighted by Gasteiger charge is -2.34. The third-order valence-electron chi connectivity index (χ3n) is 6.72. The summed E-state index contributed by atoms with van der Waals surface area (Å²) in [5.41, 5.74) is 2.07. The molecule has 5 rings (SSSR count). The number of rotatable bonds is 8. The summed E-state index contributed by atoms with van der Waals surface area (Å²) >= 11 is 1.20. The quantitative estimate of drug-likeness (QED) is 0.427. The molecule has 2 amide bonds. The van der Waals surface area contributed by atoms with Gasteiger partial charge in [-0.2, -0.15) is 5.10 Å². The van der Waals surface area contributed by atoms with Crippen molar-refractivity contribution in [2.45, 2.75) is 33.2 Å². The average Bonchev–Trinajstić information content (AvgIpc) is 3.37. The number of aromatic nitrogens is 3. The van der Waals surface area contributed by atoms with Crippen LogP contribution in [-0.4, -0.2) is 74.2 Å². The fraction of sp³-hybridized carbons (Fsp3) is 0.440. The van der Waals surface area contributed by atoms with Crippen LogP contribution in [0.4, 0.5) is 16.6 Å². The minimum absolute atomic E-state index is 0.0708. The van der Waals surface area contributed by atoms with Crippen molar-refractivity contribution in [1.29, 1.82) is 0 Å². The normalized spacial score (nSPS) is 16.2. The number of phenols is 1. The number of nitrogens with zero attached hydrogens (tertiary/aromatic N) is 5. The number of aryl methyl sites for hydroxylation is 1. The van der Waals surface area contributed by atoms with E-state index in [1.807, 2.05) is 11.8 Å². The van der Waals surface area contributed by atoms with E-state index in [2.05, 4.69) is 25.6 Å². The second-order valence-electron chi connectivity index (χ2n) is 9.53. The van der Waals surface area contributed by atoms with E-state index in [-0.39, 0.29) is 24.1 Å². The standard InChI is InChI=1S/C25H31N7O3S/c1-16-3-6-19(33)17(2)23(16)28-24(35)20-13-26-25(36-20)27-21-7-8-32(29-21)15-22(34)31-11-9-30(10-12-31)14-18-4-5-18/h3,6-8,13,18,33H,4-5,9-12,14-15H2,1-2H3,(H,28,35)(H,26,27,29). The largest absolute Gasteiger partial charge is 0.508 e. The molecule has 190 valence electrons. The molecule has 0 atom stereocenters. The van der Waals surface area contributed by atoms with E-state index in [1.165, 1.54) is 36.9 Å². The second kappa shape index (κ2) is 10.3. The van der Waals surface area contributed by atoms with Gasteiger partial charge in [-0.3, -0.25) is 19.2 Å². The van der Waals surface area contributed by atoms with Crippen molar-refractivity contribution in [3.63, 3.8) is 0 Å². The fourth-order valence-electron chi connectivity index (χ4n) is 4.35. The predicted octanol–water partition coefficient (Wildman–Crippen LogP) is 3.21. The third-order valence-corrected chi connectivity index (χ3v) is 7.64. The predicted molar refractivity (Wildman–Crippen MR) is 139 cm³/mol. The number of thiazole rings is 1. The molecule has 1 aromatic carbocycles. The van der Waals surface area contributed by atoms with Crippen molar-refractivity contribution in [3.8, 4) is 5.75 Å². The number of benzene rings is 1. The van der Waals surface area contributed by atoms with Crippen LogP contribution in [0, 0.1) is 19.8 Å². The Morgan fingerprint density at radius 3 is 2.67 bits per heavy atom. The number of carbonyl (C=O) groups excluding carboxylic acids is 2. The van der Waals surface area contributed by atoms with Crippen LogP contribution >= 0.6 is 11.3 Å². The molecule has 0 spiro atoms. The molecule has 2 fully saturated rings. The van der Waals surface area contributed by atoms with Crippen molar-refractivity contribution in [2.75, 3.05) is 43.4 Å². The topological polar surface area (TPSA) is 116 Å². The molecule has 3 N–H and O–H groups in total. The Balaban J connectivity index is 1.13. The third kappa shape index (κ3) is 5.68. The molecule has 1 saturated heterocycles. The highest BCUT2D eigenvalue weighted by molar-refractivity contribution is 7.17. The first kappa shape index (κ1) is 24.3. The van der Waals surface area contributed by atoms with Crippen molar-refractivity contribution >= 4 is 39.8 Å². The monoisotopic (exact) mass is 509 g/mol. The maximum absolute atomic E-state index is 12.7. The summed E-state index contributed by atoms with van der Waals surface area (Å²) in [5, 5.41) is 20.9. The summed E-state index contributed by atoms with van der Waals surface area (Å²) in [7, 11) is 0. The second-order valence-corrected chi connectivity index (χ2v) is 10.6. The molecule has 2 aromatic heterocycles. The lowest BCUT2D eigenvalue weighted by Crippen LogP contribution is -2.49. The van der Waals surface area contributed by atoms with Crippen LogP contribution in [0.1, 0.15) is 33.6 Å². The van der Waals surface area contributed by atoms with Gasteiger partial charge in [-0.25, -0.2) is 4.98 Å². The number of carbonyl (C=O) groups is 2. The Morgan fingerprint density at radius 2 is 1.92 bits per heavy atom. The molecule has 36 heavy (non-hydrogen) atoms. The highest BCUT2D eigenvalue weighted by Gasteiger charge is 2.27. The van der Waals surface area contributed by atoms with Crippen LogP contribution in [-0.2, 0) is 11.3 Å². The number of anilines is 3. The summed E-state index contributed by atoms with van der Waals surface area (Å²) in [4.78, 5) is 34.5. The molecule has 1 aliphatic heterocycles. The van der Waals surface area contributed by atoms with Crippen LogP contribution in [0.5, 0.6) is 5.75 Å². The van der Waals surface area contributed by atoms with Crippen molar-refractivity contribution < 1.29 is 14.7 Å². The molecule has 0 bridgehead atoms. The molecular formula is C25H31N7O3S. The molecule has 3 heterocycles. The van der Waals surface area contributed by atoms with Gasteiger partial charge in [0.25, 0.3) is 5.91 Å². The average molecular weight is 510 g/mol. The molecule has 3 aromatic rings. The Morgan fingerprint density at radius 1 is 1.14 bits per heavy atom. The van der Waals surface area contributed by atoms with E-state index < -0.39 is 0 Å². The highest BCUT2D eigenvalue weighted by atomic mass is 32.1. The van der Waals surface area contributed by atoms with Crippen molar-refractivity contribution in [3.05, 3.63) is 46.6 Å². The van der Waals surface area contributed by atoms with Gasteiger partial charge in [0.15, 0.2) is 10.9 Å². The minimum Gasteiger partial charge on any atom is -0.508 e. The first-order valence-corrected chi connectivity index (χ1v) is 13.0. The van der Waals surface area contributed by atoms with Crippen LogP contribution in [0.15, 0.2) is 30.6 Å². The molecule has 10 nitrogen and oxygen atoms in total. The summed E-state index contributed by atoms with van der Waals surface area (Å²) < 4.78 is 1.62. The van der Waals surface area contributed by atoms with Gasteiger partial charge in [0.1, 0.15) is 17.2 Å². The summed E-state index contributed by atoms with van der Waals surface area (Å²) in [6.07, 6.45) is 5.96. The maximum atomic E-state index is 12.7. The van der Waals surface area contributed by atoms with E-state index in [0.717, 1.165) is 37.7 Å². The molecule has 11 heteroatoms. The van der Waals surface area contributed by atoms with Crippen molar-refractivity contribution in [1.82, 2.24) is 24.6 Å². The van der Waals surface area contributed by atoms with Gasteiger partial charge in [0.05, 0.1) is 11.9 Å². The Hall–Kier alpha value is -3.44. The summed E-state index contributed by atoms with van der Waals surface area (Å²) in [6.45, 7) is 8.42. The molecule has 1 aliphatic carbocycles. The molecule has 2 aliphatic rings. The zero-order valence-electron chi connectivity index (χ0n) is 20.5. The molecular weight excluding hydrogens is 478 g/mol. The minimum atomic E-state index is -0.300. The Labute approximate surface area is 213 Å². The van der Waals surface area contributed by atoms with Crippen LogP contribution in [0.3, 0.4) is 0 Å². The molecule has 0 radical (unpaired) electrons. The smallest absolute Gasteiger partial charge is 0.267 e. The molecule has 0 unspecified atom stereocenters. The number of amides is 2. The number of nitrogens with one attached hydrogen (secondary N) is 2. The Kier molecular flexibility index (Phi) is 6.92. The number of phenolic OH excluding ortho intramolecular Hbond substituents is 1. The van der Waals surface area contributed by atoms with Crippen LogP contribution in [0.2, 0.25) is 0 Å². The summed E-state index contributed by atoms with van der Waals surface area (Å²) in [5.74, 6) is 1.33. The van der Waals surface area contributed by atoms with E-state index in [1.54, 1.807) is 36.0 Å². The first-order valence-electron chi connectivity index (χ1n) is 12.2. The fourth-order valence-corrected chi connectivity index (χ4v) is 5.07.